The molecule has 0 bridgehead atoms. The Morgan fingerprint density at radius 1 is 1.16 bits per heavy atom. The molecule has 2 aliphatic heterocycles. The topological polar surface area (TPSA) is 66.7 Å². The summed E-state index contributed by atoms with van der Waals surface area (Å²) in [6.07, 6.45) is 7.84. The number of thioether (sulfide) groups is 1. The maximum atomic E-state index is 12.7. The van der Waals surface area contributed by atoms with Gasteiger partial charge in [0.25, 0.3) is 11.8 Å². The molecule has 8 heteroatoms. The SMILES string of the molecule is O=C(NCCCC1CCN(C(=O)c2cccs2)CC1)C1=Cc2cnc3cccc(n23)S1. The lowest BCUT2D eigenvalue weighted by Gasteiger charge is -2.31. The van der Waals surface area contributed by atoms with Crippen LogP contribution in [0, 0.1) is 5.92 Å². The van der Waals surface area contributed by atoms with Gasteiger partial charge in [-0.2, -0.15) is 0 Å². The van der Waals surface area contributed by atoms with Crippen molar-refractivity contribution in [3.8, 4) is 0 Å². The molecular formula is C23H24N4O2S2. The highest BCUT2D eigenvalue weighted by Crippen LogP contribution is 2.34. The van der Waals surface area contributed by atoms with E-state index in [0.29, 0.717) is 17.4 Å². The van der Waals surface area contributed by atoms with Gasteiger partial charge in [0.05, 0.1) is 26.7 Å². The Morgan fingerprint density at radius 3 is 2.84 bits per heavy atom. The molecule has 0 radical (unpaired) electrons. The molecule has 0 atom stereocenters. The molecule has 5 rings (SSSR count). The van der Waals surface area contributed by atoms with Crippen molar-refractivity contribution in [2.75, 3.05) is 19.6 Å². The molecule has 6 nitrogen and oxygen atoms in total. The van der Waals surface area contributed by atoms with Crippen molar-refractivity contribution in [1.82, 2.24) is 19.6 Å². The van der Waals surface area contributed by atoms with Crippen LogP contribution in [0.4, 0.5) is 0 Å². The summed E-state index contributed by atoms with van der Waals surface area (Å²) in [5.74, 6) is 0.765. The molecule has 2 amide bonds. The third kappa shape index (κ3) is 4.27. The molecule has 0 unspecified atom stereocenters. The van der Waals surface area contributed by atoms with Gasteiger partial charge in [0.1, 0.15) is 5.65 Å². The first kappa shape index (κ1) is 20.3. The van der Waals surface area contributed by atoms with Gasteiger partial charge in [-0.1, -0.05) is 23.9 Å². The number of likely N-dealkylation sites (tertiary alicyclic amines) is 1. The van der Waals surface area contributed by atoms with Crippen LogP contribution in [0.1, 0.15) is 41.0 Å². The average Bonchev–Trinajstić information content (AvgIpc) is 3.48. The quantitative estimate of drug-likeness (QED) is 0.567. The Hall–Kier alpha value is -2.58. The van der Waals surface area contributed by atoms with E-state index in [-0.39, 0.29) is 11.8 Å². The molecule has 0 aliphatic carbocycles. The van der Waals surface area contributed by atoms with Crippen LogP contribution in [-0.2, 0) is 4.79 Å². The van der Waals surface area contributed by atoms with Gasteiger partial charge in [0, 0.05) is 19.6 Å². The van der Waals surface area contributed by atoms with E-state index in [4.69, 9.17) is 0 Å². The predicted molar refractivity (Wildman–Crippen MR) is 124 cm³/mol. The average molecular weight is 453 g/mol. The highest BCUT2D eigenvalue weighted by molar-refractivity contribution is 8.04. The Balaban J connectivity index is 1.06. The highest BCUT2D eigenvalue weighted by atomic mass is 32.2. The highest BCUT2D eigenvalue weighted by Gasteiger charge is 2.24. The van der Waals surface area contributed by atoms with Gasteiger partial charge in [-0.05, 0) is 61.3 Å². The zero-order valence-corrected chi connectivity index (χ0v) is 18.8. The van der Waals surface area contributed by atoms with E-state index in [1.54, 1.807) is 6.20 Å². The molecule has 0 aromatic carbocycles. The molecule has 2 aliphatic rings. The maximum Gasteiger partial charge on any atom is 0.263 e. The Morgan fingerprint density at radius 2 is 2.03 bits per heavy atom. The van der Waals surface area contributed by atoms with Crippen LogP contribution in [0.5, 0.6) is 0 Å². The van der Waals surface area contributed by atoms with Gasteiger partial charge in [0.15, 0.2) is 0 Å². The van der Waals surface area contributed by atoms with Crippen molar-refractivity contribution in [3.63, 3.8) is 0 Å². The number of rotatable bonds is 6. The van der Waals surface area contributed by atoms with Crippen LogP contribution in [0.15, 0.2) is 51.8 Å². The van der Waals surface area contributed by atoms with Gasteiger partial charge in [-0.3, -0.25) is 14.0 Å². The number of nitrogens with one attached hydrogen (secondary N) is 1. The van der Waals surface area contributed by atoms with Crippen molar-refractivity contribution < 1.29 is 9.59 Å². The van der Waals surface area contributed by atoms with Crippen molar-refractivity contribution in [3.05, 3.63) is 57.4 Å². The van der Waals surface area contributed by atoms with Crippen LogP contribution >= 0.6 is 23.1 Å². The normalized spacial score (nSPS) is 16.4. The maximum absolute atomic E-state index is 12.7. The van der Waals surface area contributed by atoms with Crippen LogP contribution in [0.2, 0.25) is 0 Å². The molecule has 1 saturated heterocycles. The second-order valence-corrected chi connectivity index (χ2v) is 9.97. The number of aromatic nitrogens is 2. The number of pyridine rings is 1. The number of imidazole rings is 1. The first-order valence-electron chi connectivity index (χ1n) is 10.7. The number of hydrogen-bond acceptors (Lipinski definition) is 5. The monoisotopic (exact) mass is 452 g/mol. The smallest absolute Gasteiger partial charge is 0.263 e. The minimum atomic E-state index is -0.0224. The second kappa shape index (κ2) is 8.88. The lowest BCUT2D eigenvalue weighted by molar-refractivity contribution is -0.116. The van der Waals surface area contributed by atoms with E-state index in [9.17, 15) is 9.59 Å². The van der Waals surface area contributed by atoms with Crippen LogP contribution in [0.25, 0.3) is 11.7 Å². The van der Waals surface area contributed by atoms with Gasteiger partial charge in [-0.25, -0.2) is 4.98 Å². The minimum absolute atomic E-state index is 0.0224. The van der Waals surface area contributed by atoms with Gasteiger partial charge >= 0.3 is 0 Å². The molecule has 1 fully saturated rings. The summed E-state index contributed by atoms with van der Waals surface area (Å²) in [7, 11) is 0. The van der Waals surface area contributed by atoms with E-state index in [2.05, 4.69) is 14.7 Å². The molecule has 3 aromatic rings. The lowest BCUT2D eigenvalue weighted by atomic mass is 9.92. The summed E-state index contributed by atoms with van der Waals surface area (Å²) >= 11 is 3.00. The molecule has 0 saturated carbocycles. The first-order chi connectivity index (χ1) is 15.2. The summed E-state index contributed by atoms with van der Waals surface area (Å²) in [5, 5.41) is 6.04. The minimum Gasteiger partial charge on any atom is -0.352 e. The number of carbonyl (C=O) groups is 2. The number of thiophene rings is 1. The van der Waals surface area contributed by atoms with E-state index < -0.39 is 0 Å². The zero-order chi connectivity index (χ0) is 21.2. The molecule has 1 N–H and O–H groups in total. The van der Waals surface area contributed by atoms with Crippen molar-refractivity contribution >= 4 is 46.6 Å². The van der Waals surface area contributed by atoms with E-state index in [0.717, 1.165) is 60.0 Å². The van der Waals surface area contributed by atoms with Gasteiger partial charge < -0.3 is 10.2 Å². The van der Waals surface area contributed by atoms with E-state index in [1.807, 2.05) is 46.7 Å². The number of carbonyl (C=O) groups excluding carboxylic acids is 2. The Labute approximate surface area is 189 Å². The van der Waals surface area contributed by atoms with Crippen molar-refractivity contribution in [2.24, 2.45) is 5.92 Å². The number of hydrogen-bond donors (Lipinski definition) is 1. The van der Waals surface area contributed by atoms with E-state index >= 15 is 0 Å². The van der Waals surface area contributed by atoms with Crippen molar-refractivity contribution in [1.29, 1.82) is 0 Å². The standard InChI is InChI=1S/C23H24N4O2S2/c28-22(19-14-17-15-25-20-6-1-7-21(31-19)27(17)20)24-10-2-4-16-8-11-26(12-9-16)23(29)18-5-3-13-30-18/h1,3,5-7,13-16H,2,4,8-12H2,(H,24,28). The van der Waals surface area contributed by atoms with Gasteiger partial charge in [-0.15, -0.1) is 11.3 Å². The molecular weight excluding hydrogens is 428 g/mol. The van der Waals surface area contributed by atoms with Crippen LogP contribution in [0.3, 0.4) is 0 Å². The summed E-state index contributed by atoms with van der Waals surface area (Å²) in [6, 6.07) is 9.77. The largest absolute Gasteiger partial charge is 0.352 e. The summed E-state index contributed by atoms with van der Waals surface area (Å²) in [6.45, 7) is 2.33. The second-order valence-electron chi connectivity index (χ2n) is 7.96. The molecule has 160 valence electrons. The van der Waals surface area contributed by atoms with Crippen LogP contribution in [-0.4, -0.2) is 45.7 Å². The Bertz CT molecular complexity index is 1130. The molecule has 5 heterocycles. The number of amides is 2. The lowest BCUT2D eigenvalue weighted by Crippen LogP contribution is -2.38. The predicted octanol–water partition coefficient (Wildman–Crippen LogP) is 4.29. The fourth-order valence-electron chi connectivity index (χ4n) is 4.26. The zero-order valence-electron chi connectivity index (χ0n) is 17.1. The third-order valence-corrected chi connectivity index (χ3v) is 7.86. The number of nitrogens with zero attached hydrogens (tertiary/aromatic N) is 3. The molecule has 0 spiro atoms. The van der Waals surface area contributed by atoms with Crippen LogP contribution < -0.4 is 5.32 Å². The molecule has 31 heavy (non-hydrogen) atoms. The molecule has 3 aromatic heterocycles. The first-order valence-corrected chi connectivity index (χ1v) is 12.4. The number of piperidine rings is 1. The fraction of sp³-hybridized carbons (Fsp3) is 0.348. The van der Waals surface area contributed by atoms with E-state index in [1.165, 1.54) is 23.1 Å². The summed E-state index contributed by atoms with van der Waals surface area (Å²) in [5.41, 5.74) is 1.84. The fourth-order valence-corrected chi connectivity index (χ4v) is 5.96. The van der Waals surface area contributed by atoms with Gasteiger partial charge in [0.2, 0.25) is 0 Å². The Kier molecular flexibility index (Phi) is 5.82. The summed E-state index contributed by atoms with van der Waals surface area (Å²) < 4.78 is 2.07. The van der Waals surface area contributed by atoms with Crippen molar-refractivity contribution in [2.45, 2.75) is 30.7 Å². The third-order valence-electron chi connectivity index (χ3n) is 5.95. The summed E-state index contributed by atoms with van der Waals surface area (Å²) in [4.78, 5) is 33.0.